The molecule has 0 bridgehead atoms. The van der Waals surface area contributed by atoms with Crippen molar-refractivity contribution in [3.8, 4) is 0 Å². The van der Waals surface area contributed by atoms with E-state index < -0.39 is 10.0 Å². The molecule has 0 fully saturated rings. The molecule has 0 saturated heterocycles. The summed E-state index contributed by atoms with van der Waals surface area (Å²) in [7, 11) is -2.06. The Bertz CT molecular complexity index is 1330. The summed E-state index contributed by atoms with van der Waals surface area (Å²) in [5.41, 5.74) is 3.01. The van der Waals surface area contributed by atoms with Crippen LogP contribution >= 0.6 is 35.6 Å². The number of nitrogens with one attached hydrogen (secondary N) is 2. The Hall–Kier alpha value is -2.36. The first-order valence-electron chi connectivity index (χ1n) is 8.92. The van der Waals surface area contributed by atoms with Crippen LogP contribution in [0.3, 0.4) is 0 Å². The molecule has 4 aromatic rings. The number of pyridine rings is 2. The van der Waals surface area contributed by atoms with Gasteiger partial charge < -0.3 is 10.6 Å². The number of rotatable bonds is 6. The molecule has 31 heavy (non-hydrogen) atoms. The zero-order valence-electron chi connectivity index (χ0n) is 16.2. The molecule has 0 aliphatic carbocycles. The lowest BCUT2D eigenvalue weighted by Gasteiger charge is -2.10. The van der Waals surface area contributed by atoms with E-state index in [1.54, 1.807) is 49.8 Å². The second-order valence-electron chi connectivity index (χ2n) is 6.52. The molecule has 3 aromatic heterocycles. The van der Waals surface area contributed by atoms with Crippen molar-refractivity contribution in [3.05, 3.63) is 76.8 Å². The van der Waals surface area contributed by atoms with Gasteiger partial charge in [0.05, 0.1) is 33.6 Å². The predicted octanol–water partition coefficient (Wildman–Crippen LogP) is 4.86. The zero-order valence-corrected chi connectivity index (χ0v) is 19.4. The van der Waals surface area contributed by atoms with Gasteiger partial charge in [-0.15, -0.1) is 12.4 Å². The van der Waals surface area contributed by atoms with Crippen LogP contribution in [-0.2, 0) is 16.6 Å². The van der Waals surface area contributed by atoms with Crippen molar-refractivity contribution in [1.82, 2.24) is 19.3 Å². The normalized spacial score (nSPS) is 11.3. The van der Waals surface area contributed by atoms with Gasteiger partial charge in [0.1, 0.15) is 4.90 Å². The largest absolute Gasteiger partial charge is 0.353 e. The standard InChI is InChI=1S/C20H17Cl2N5O2S.ClH/c1-23-9-13-12-27(30(28,29)16-3-2-6-24-11-16)19-8-15(10-25-20(13)19)26-18-5-4-14(21)7-17(18)22;/h2-8,10-12,23,26H,9H2,1H3;1H. The molecule has 11 heteroatoms. The van der Waals surface area contributed by atoms with Gasteiger partial charge in [-0.2, -0.15) is 0 Å². The van der Waals surface area contributed by atoms with Gasteiger partial charge in [0.2, 0.25) is 0 Å². The quantitative estimate of drug-likeness (QED) is 0.395. The summed E-state index contributed by atoms with van der Waals surface area (Å²) in [4.78, 5) is 8.52. The second kappa shape index (κ2) is 9.42. The third-order valence-corrected chi connectivity index (χ3v) is 6.66. The van der Waals surface area contributed by atoms with Gasteiger partial charge in [0.25, 0.3) is 10.0 Å². The van der Waals surface area contributed by atoms with E-state index in [1.807, 2.05) is 0 Å². The van der Waals surface area contributed by atoms with Gasteiger partial charge in [-0.1, -0.05) is 23.2 Å². The summed E-state index contributed by atoms with van der Waals surface area (Å²) in [6, 6.07) is 9.89. The smallest absolute Gasteiger partial charge is 0.269 e. The molecule has 4 rings (SSSR count). The van der Waals surface area contributed by atoms with Gasteiger partial charge in [-0.05, 0) is 43.4 Å². The average molecular weight is 499 g/mol. The lowest BCUT2D eigenvalue weighted by Crippen LogP contribution is -2.12. The van der Waals surface area contributed by atoms with E-state index in [1.165, 1.54) is 22.4 Å². The van der Waals surface area contributed by atoms with Gasteiger partial charge in [0, 0.05) is 35.7 Å². The van der Waals surface area contributed by atoms with Crippen molar-refractivity contribution in [2.24, 2.45) is 0 Å². The highest BCUT2D eigenvalue weighted by Gasteiger charge is 2.22. The fraction of sp³-hybridized carbons (Fsp3) is 0.100. The number of hydrogen-bond acceptors (Lipinski definition) is 6. The molecular weight excluding hydrogens is 481 g/mol. The highest BCUT2D eigenvalue weighted by Crippen LogP contribution is 2.31. The highest BCUT2D eigenvalue weighted by molar-refractivity contribution is 7.90. The van der Waals surface area contributed by atoms with Gasteiger partial charge in [0.15, 0.2) is 0 Å². The van der Waals surface area contributed by atoms with Crippen LogP contribution in [0.15, 0.2) is 66.1 Å². The van der Waals surface area contributed by atoms with Crippen molar-refractivity contribution in [3.63, 3.8) is 0 Å². The van der Waals surface area contributed by atoms with E-state index in [2.05, 4.69) is 20.6 Å². The molecule has 0 radical (unpaired) electrons. The van der Waals surface area contributed by atoms with Crippen molar-refractivity contribution in [2.75, 3.05) is 12.4 Å². The summed E-state index contributed by atoms with van der Waals surface area (Å²) in [6.45, 7) is 0.467. The number of nitrogens with zero attached hydrogens (tertiary/aromatic N) is 3. The Morgan fingerprint density at radius 3 is 2.61 bits per heavy atom. The van der Waals surface area contributed by atoms with E-state index in [-0.39, 0.29) is 17.3 Å². The van der Waals surface area contributed by atoms with Gasteiger partial charge in [-0.25, -0.2) is 12.4 Å². The summed E-state index contributed by atoms with van der Waals surface area (Å²) in [6.07, 6.45) is 6.06. The second-order valence-corrected chi connectivity index (χ2v) is 9.17. The summed E-state index contributed by atoms with van der Waals surface area (Å²) in [5, 5.41) is 7.17. The Balaban J connectivity index is 0.00000272. The number of hydrogen-bond donors (Lipinski definition) is 2. The molecule has 0 atom stereocenters. The Kier molecular flexibility index (Phi) is 7.08. The number of aromatic nitrogens is 3. The summed E-state index contributed by atoms with van der Waals surface area (Å²) >= 11 is 12.2. The molecule has 162 valence electrons. The van der Waals surface area contributed by atoms with Crippen molar-refractivity contribution in [2.45, 2.75) is 11.4 Å². The minimum absolute atomic E-state index is 0. The third-order valence-electron chi connectivity index (χ3n) is 4.45. The molecule has 7 nitrogen and oxygen atoms in total. The van der Waals surface area contributed by atoms with Crippen LogP contribution < -0.4 is 10.6 Å². The Morgan fingerprint density at radius 1 is 1.13 bits per heavy atom. The monoisotopic (exact) mass is 497 g/mol. The predicted molar refractivity (Wildman–Crippen MR) is 126 cm³/mol. The molecule has 2 N–H and O–H groups in total. The first-order valence-corrected chi connectivity index (χ1v) is 11.1. The summed E-state index contributed by atoms with van der Waals surface area (Å²) in [5.74, 6) is 0. The third kappa shape index (κ3) is 4.63. The zero-order chi connectivity index (χ0) is 21.3. The lowest BCUT2D eigenvalue weighted by molar-refractivity contribution is 0.588. The molecule has 0 saturated carbocycles. The molecular formula is C20H18Cl3N5O2S. The van der Waals surface area contributed by atoms with E-state index in [0.717, 1.165) is 5.56 Å². The van der Waals surface area contributed by atoms with Crippen LogP contribution in [0, 0.1) is 0 Å². The van der Waals surface area contributed by atoms with Crippen LogP contribution in [0.1, 0.15) is 5.56 Å². The average Bonchev–Trinajstić information content (AvgIpc) is 3.10. The number of fused-ring (bicyclic) bond motifs is 1. The highest BCUT2D eigenvalue weighted by atomic mass is 35.5. The molecule has 0 aliphatic heterocycles. The van der Waals surface area contributed by atoms with Gasteiger partial charge >= 0.3 is 0 Å². The minimum atomic E-state index is -3.85. The maximum atomic E-state index is 13.2. The lowest BCUT2D eigenvalue weighted by atomic mass is 10.2. The first-order chi connectivity index (χ1) is 14.4. The fourth-order valence-electron chi connectivity index (χ4n) is 3.09. The Labute approximate surface area is 195 Å². The van der Waals surface area contributed by atoms with Crippen LogP contribution in [0.25, 0.3) is 11.0 Å². The Morgan fingerprint density at radius 2 is 1.94 bits per heavy atom. The topological polar surface area (TPSA) is 88.9 Å². The van der Waals surface area contributed by atoms with Crippen LogP contribution in [0.4, 0.5) is 11.4 Å². The molecule has 3 heterocycles. The maximum absolute atomic E-state index is 13.2. The molecule has 1 aromatic carbocycles. The van der Waals surface area contributed by atoms with E-state index in [4.69, 9.17) is 23.2 Å². The van der Waals surface area contributed by atoms with Crippen molar-refractivity contribution in [1.29, 1.82) is 0 Å². The SMILES string of the molecule is CNCc1cn(S(=O)(=O)c2cccnc2)c2cc(Nc3ccc(Cl)cc3Cl)cnc12.Cl. The minimum Gasteiger partial charge on any atom is -0.353 e. The number of halogens is 3. The van der Waals surface area contributed by atoms with Crippen molar-refractivity contribution >= 4 is 68.0 Å². The van der Waals surface area contributed by atoms with E-state index in [0.29, 0.717) is 39.0 Å². The maximum Gasteiger partial charge on any atom is 0.269 e. The molecule has 0 spiro atoms. The van der Waals surface area contributed by atoms with Crippen LogP contribution in [0.5, 0.6) is 0 Å². The molecule has 0 aliphatic rings. The number of anilines is 2. The van der Waals surface area contributed by atoms with E-state index >= 15 is 0 Å². The first kappa shape index (κ1) is 23.3. The molecule has 0 unspecified atom stereocenters. The van der Waals surface area contributed by atoms with E-state index in [9.17, 15) is 8.42 Å². The summed E-state index contributed by atoms with van der Waals surface area (Å²) < 4.78 is 27.7. The van der Waals surface area contributed by atoms with Crippen molar-refractivity contribution < 1.29 is 8.42 Å². The van der Waals surface area contributed by atoms with Gasteiger partial charge in [-0.3, -0.25) is 9.97 Å². The fourth-order valence-corrected chi connectivity index (χ4v) is 4.88. The molecule has 0 amide bonds. The van der Waals surface area contributed by atoms with Crippen LogP contribution in [-0.4, -0.2) is 29.4 Å². The number of benzene rings is 1. The van der Waals surface area contributed by atoms with Crippen LogP contribution in [0.2, 0.25) is 10.0 Å².